The van der Waals surface area contributed by atoms with Crippen LogP contribution in [0.4, 0.5) is 0 Å². The van der Waals surface area contributed by atoms with Crippen molar-refractivity contribution in [3.05, 3.63) is 35.4 Å². The van der Waals surface area contributed by atoms with Gasteiger partial charge in [0.25, 0.3) is 5.91 Å². The molecule has 20 heavy (non-hydrogen) atoms. The van der Waals surface area contributed by atoms with Crippen LogP contribution in [-0.4, -0.2) is 28.9 Å². The lowest BCUT2D eigenvalue weighted by atomic mass is 10.0. The molecular formula is C16H24N2OS. The zero-order valence-electron chi connectivity index (χ0n) is 12.6. The van der Waals surface area contributed by atoms with Gasteiger partial charge in [-0.1, -0.05) is 51.2 Å². The molecule has 0 fully saturated rings. The molecule has 0 saturated heterocycles. The van der Waals surface area contributed by atoms with Gasteiger partial charge in [0.15, 0.2) is 0 Å². The Labute approximate surface area is 127 Å². The van der Waals surface area contributed by atoms with Gasteiger partial charge in [-0.05, 0) is 24.0 Å². The molecule has 0 atom stereocenters. The van der Waals surface area contributed by atoms with Crippen LogP contribution in [0, 0.1) is 5.92 Å². The monoisotopic (exact) mass is 292 g/mol. The number of nitrogens with two attached hydrogens (primary N) is 1. The van der Waals surface area contributed by atoms with Crippen LogP contribution in [0.15, 0.2) is 24.3 Å². The van der Waals surface area contributed by atoms with Gasteiger partial charge in [-0.3, -0.25) is 4.79 Å². The predicted molar refractivity (Wildman–Crippen MR) is 88.0 cm³/mol. The van der Waals surface area contributed by atoms with E-state index in [0.29, 0.717) is 23.9 Å². The molecule has 0 aliphatic carbocycles. The summed E-state index contributed by atoms with van der Waals surface area (Å²) in [5, 5.41) is 0. The van der Waals surface area contributed by atoms with Crippen LogP contribution < -0.4 is 5.73 Å². The molecule has 0 aliphatic heterocycles. The molecule has 0 aliphatic rings. The number of rotatable bonds is 7. The third-order valence-electron chi connectivity index (χ3n) is 3.13. The normalized spacial score (nSPS) is 10.6. The first-order valence-corrected chi connectivity index (χ1v) is 7.52. The van der Waals surface area contributed by atoms with Crippen molar-refractivity contribution in [1.82, 2.24) is 4.90 Å². The second kappa shape index (κ2) is 8.00. The molecule has 0 aromatic heterocycles. The molecule has 1 aromatic rings. The molecule has 0 radical (unpaired) electrons. The minimum atomic E-state index is 0.0763. The van der Waals surface area contributed by atoms with Crippen molar-refractivity contribution in [2.75, 3.05) is 13.1 Å². The third kappa shape index (κ3) is 4.93. The quantitative estimate of drug-likeness (QED) is 0.786. The van der Waals surface area contributed by atoms with Crippen molar-refractivity contribution in [2.24, 2.45) is 11.7 Å². The average Bonchev–Trinajstić information content (AvgIpc) is 2.42. The standard InChI is InChI=1S/C16H24N2OS/c1-4-13-7-5-6-8-14(13)16(19)18(11-12(2)3)10-9-15(17)20/h5-8,12H,4,9-11H2,1-3H3,(H2,17,20). The molecule has 2 N–H and O–H groups in total. The van der Waals surface area contributed by atoms with Crippen LogP contribution in [0.3, 0.4) is 0 Å². The van der Waals surface area contributed by atoms with Crippen molar-refractivity contribution < 1.29 is 4.79 Å². The summed E-state index contributed by atoms with van der Waals surface area (Å²) in [4.78, 5) is 15.0. The Morgan fingerprint density at radius 2 is 2.00 bits per heavy atom. The van der Waals surface area contributed by atoms with Crippen LogP contribution in [0.2, 0.25) is 0 Å². The molecule has 110 valence electrons. The van der Waals surface area contributed by atoms with Gasteiger partial charge in [0, 0.05) is 25.1 Å². The minimum absolute atomic E-state index is 0.0763. The van der Waals surface area contributed by atoms with Crippen LogP contribution in [0.1, 0.15) is 43.1 Å². The van der Waals surface area contributed by atoms with Crippen molar-refractivity contribution in [3.8, 4) is 0 Å². The number of carbonyl (C=O) groups excluding carboxylic acids is 1. The van der Waals surface area contributed by atoms with E-state index in [2.05, 4.69) is 20.8 Å². The average molecular weight is 292 g/mol. The SMILES string of the molecule is CCc1ccccc1C(=O)N(CCC(N)=S)CC(C)C. The van der Waals surface area contributed by atoms with E-state index in [9.17, 15) is 4.79 Å². The summed E-state index contributed by atoms with van der Waals surface area (Å²) in [5.41, 5.74) is 7.44. The van der Waals surface area contributed by atoms with E-state index >= 15 is 0 Å². The number of benzene rings is 1. The summed E-state index contributed by atoms with van der Waals surface area (Å²) in [6.45, 7) is 7.58. The van der Waals surface area contributed by atoms with Crippen molar-refractivity contribution in [3.63, 3.8) is 0 Å². The zero-order valence-corrected chi connectivity index (χ0v) is 13.4. The smallest absolute Gasteiger partial charge is 0.254 e. The molecular weight excluding hydrogens is 268 g/mol. The number of amides is 1. The first-order valence-electron chi connectivity index (χ1n) is 7.11. The summed E-state index contributed by atoms with van der Waals surface area (Å²) in [6.07, 6.45) is 1.43. The predicted octanol–water partition coefficient (Wildman–Crippen LogP) is 3.02. The summed E-state index contributed by atoms with van der Waals surface area (Å²) in [6, 6.07) is 7.79. The highest BCUT2D eigenvalue weighted by Crippen LogP contribution is 2.14. The molecule has 0 spiro atoms. The lowest BCUT2D eigenvalue weighted by Crippen LogP contribution is -2.37. The molecule has 1 aromatic carbocycles. The zero-order chi connectivity index (χ0) is 15.1. The number of hydrogen-bond donors (Lipinski definition) is 1. The minimum Gasteiger partial charge on any atom is -0.393 e. The van der Waals surface area contributed by atoms with Gasteiger partial charge < -0.3 is 10.6 Å². The van der Waals surface area contributed by atoms with Gasteiger partial charge in [0.2, 0.25) is 0 Å². The van der Waals surface area contributed by atoms with Gasteiger partial charge in [-0.15, -0.1) is 0 Å². The van der Waals surface area contributed by atoms with Gasteiger partial charge in [-0.25, -0.2) is 0 Å². The fourth-order valence-corrected chi connectivity index (χ4v) is 2.26. The fraction of sp³-hybridized carbons (Fsp3) is 0.500. The summed E-state index contributed by atoms with van der Waals surface area (Å²) >= 11 is 4.92. The highest BCUT2D eigenvalue weighted by molar-refractivity contribution is 7.80. The van der Waals surface area contributed by atoms with Crippen molar-refractivity contribution >= 4 is 23.1 Å². The van der Waals surface area contributed by atoms with Crippen LogP contribution >= 0.6 is 12.2 Å². The maximum absolute atomic E-state index is 12.7. The lowest BCUT2D eigenvalue weighted by Gasteiger charge is -2.25. The third-order valence-corrected chi connectivity index (χ3v) is 3.33. The van der Waals surface area contributed by atoms with Crippen molar-refractivity contribution in [1.29, 1.82) is 0 Å². The Morgan fingerprint density at radius 1 is 1.35 bits per heavy atom. The maximum Gasteiger partial charge on any atom is 0.254 e. The highest BCUT2D eigenvalue weighted by atomic mass is 32.1. The number of aryl methyl sites for hydroxylation is 1. The van der Waals surface area contributed by atoms with Crippen LogP contribution in [0.25, 0.3) is 0 Å². The summed E-state index contributed by atoms with van der Waals surface area (Å²) in [5.74, 6) is 0.492. The fourth-order valence-electron chi connectivity index (χ4n) is 2.17. The topological polar surface area (TPSA) is 46.3 Å². The van der Waals surface area contributed by atoms with E-state index in [1.807, 2.05) is 29.2 Å². The lowest BCUT2D eigenvalue weighted by molar-refractivity contribution is 0.0740. The van der Waals surface area contributed by atoms with Gasteiger partial charge >= 0.3 is 0 Å². The van der Waals surface area contributed by atoms with Crippen LogP contribution in [0.5, 0.6) is 0 Å². The van der Waals surface area contributed by atoms with Gasteiger partial charge in [0.05, 0.1) is 4.99 Å². The molecule has 1 rings (SSSR count). The Kier molecular flexibility index (Phi) is 6.65. The number of hydrogen-bond acceptors (Lipinski definition) is 2. The summed E-state index contributed by atoms with van der Waals surface area (Å²) in [7, 11) is 0. The molecule has 1 amide bonds. The molecule has 0 saturated carbocycles. The second-order valence-electron chi connectivity index (χ2n) is 5.37. The molecule has 0 unspecified atom stereocenters. The highest BCUT2D eigenvalue weighted by Gasteiger charge is 2.18. The molecule has 4 heteroatoms. The molecule has 0 bridgehead atoms. The largest absolute Gasteiger partial charge is 0.393 e. The molecule has 3 nitrogen and oxygen atoms in total. The van der Waals surface area contributed by atoms with Crippen LogP contribution in [-0.2, 0) is 6.42 Å². The molecule has 0 heterocycles. The first-order chi connectivity index (χ1) is 9.45. The Balaban J connectivity index is 2.93. The second-order valence-corrected chi connectivity index (χ2v) is 5.90. The van der Waals surface area contributed by atoms with Gasteiger partial charge in [-0.2, -0.15) is 0 Å². The van der Waals surface area contributed by atoms with E-state index in [1.165, 1.54) is 0 Å². The van der Waals surface area contributed by atoms with E-state index in [1.54, 1.807) is 0 Å². The Hall–Kier alpha value is -1.42. The maximum atomic E-state index is 12.7. The Morgan fingerprint density at radius 3 is 2.55 bits per heavy atom. The van der Waals surface area contributed by atoms with Gasteiger partial charge in [0.1, 0.15) is 0 Å². The van der Waals surface area contributed by atoms with E-state index in [0.717, 1.165) is 24.1 Å². The first kappa shape index (κ1) is 16.6. The van der Waals surface area contributed by atoms with E-state index in [4.69, 9.17) is 18.0 Å². The van der Waals surface area contributed by atoms with Crippen molar-refractivity contribution in [2.45, 2.75) is 33.6 Å². The summed E-state index contributed by atoms with van der Waals surface area (Å²) < 4.78 is 0. The Bertz CT molecular complexity index is 471. The number of carbonyl (C=O) groups is 1. The number of nitrogens with zero attached hydrogens (tertiary/aromatic N) is 1. The number of thiocarbonyl (C=S) groups is 1. The van der Waals surface area contributed by atoms with E-state index < -0.39 is 0 Å². The van der Waals surface area contributed by atoms with E-state index in [-0.39, 0.29) is 5.91 Å².